The highest BCUT2D eigenvalue weighted by molar-refractivity contribution is 7.92. The number of hydrogen-bond donors (Lipinski definition) is 2. The summed E-state index contributed by atoms with van der Waals surface area (Å²) >= 11 is 0. The van der Waals surface area contributed by atoms with Gasteiger partial charge in [0, 0.05) is 12.4 Å². The summed E-state index contributed by atoms with van der Waals surface area (Å²) < 4.78 is 40.4. The van der Waals surface area contributed by atoms with Crippen LogP contribution in [0, 0.1) is 19.7 Å². The minimum Gasteiger partial charge on any atom is -0.396 e. The van der Waals surface area contributed by atoms with E-state index in [-0.39, 0.29) is 27.7 Å². The number of hydrogen-bond acceptors (Lipinski definition) is 5. The van der Waals surface area contributed by atoms with Gasteiger partial charge < -0.3 is 5.73 Å². The average molecular weight is 296 g/mol. The number of aromatic nitrogens is 2. The van der Waals surface area contributed by atoms with E-state index in [0.29, 0.717) is 0 Å². The normalized spacial score (nSPS) is 11.3. The lowest BCUT2D eigenvalue weighted by molar-refractivity contribution is 0.597. The fourth-order valence-electron chi connectivity index (χ4n) is 1.87. The third kappa shape index (κ3) is 2.55. The van der Waals surface area contributed by atoms with Gasteiger partial charge in [-0.25, -0.2) is 27.5 Å². The summed E-state index contributed by atoms with van der Waals surface area (Å²) in [6.07, 6.45) is 2.81. The minimum atomic E-state index is -3.94. The molecule has 6 nitrogen and oxygen atoms in total. The first-order valence-electron chi connectivity index (χ1n) is 5.68. The Morgan fingerprint density at radius 1 is 1.25 bits per heavy atom. The topological polar surface area (TPSA) is 98.0 Å². The third-order valence-corrected chi connectivity index (χ3v) is 4.38. The summed E-state index contributed by atoms with van der Waals surface area (Å²) in [6, 6.07) is 2.65. The van der Waals surface area contributed by atoms with E-state index in [1.165, 1.54) is 26.2 Å². The van der Waals surface area contributed by atoms with Gasteiger partial charge >= 0.3 is 0 Å². The second kappa shape index (κ2) is 5.04. The van der Waals surface area contributed by atoms with Gasteiger partial charge in [0.15, 0.2) is 0 Å². The van der Waals surface area contributed by atoms with E-state index in [4.69, 9.17) is 5.73 Å². The van der Waals surface area contributed by atoms with Crippen molar-refractivity contribution in [2.45, 2.75) is 18.7 Å². The molecule has 8 heteroatoms. The Kier molecular flexibility index (Phi) is 3.58. The van der Waals surface area contributed by atoms with E-state index < -0.39 is 15.8 Å². The average Bonchev–Trinajstić information content (AvgIpc) is 2.36. The summed E-state index contributed by atoms with van der Waals surface area (Å²) in [4.78, 5) is 7.50. The van der Waals surface area contributed by atoms with Gasteiger partial charge in [0.25, 0.3) is 10.0 Å². The molecule has 0 saturated carbocycles. The molecule has 0 aliphatic heterocycles. The number of aryl methyl sites for hydroxylation is 1. The van der Waals surface area contributed by atoms with Crippen LogP contribution < -0.4 is 10.5 Å². The number of anilines is 2. The van der Waals surface area contributed by atoms with Gasteiger partial charge in [-0.3, -0.25) is 0 Å². The van der Waals surface area contributed by atoms with E-state index in [2.05, 4.69) is 14.7 Å². The monoisotopic (exact) mass is 296 g/mol. The van der Waals surface area contributed by atoms with Gasteiger partial charge in [0.2, 0.25) is 5.95 Å². The highest BCUT2D eigenvalue weighted by Crippen LogP contribution is 2.28. The van der Waals surface area contributed by atoms with E-state index >= 15 is 0 Å². The molecule has 2 rings (SSSR count). The standard InChI is InChI=1S/C12H13FN4O2S/c1-7-6-9(13)10(14)8(2)11(7)20(18,19)17-12-15-4-3-5-16-12/h3-6H,14H2,1-2H3,(H,15,16,17). The van der Waals surface area contributed by atoms with Crippen molar-refractivity contribution < 1.29 is 12.8 Å². The first-order valence-corrected chi connectivity index (χ1v) is 7.16. The first-order chi connectivity index (χ1) is 9.33. The van der Waals surface area contributed by atoms with Crippen LogP contribution in [0.25, 0.3) is 0 Å². The quantitative estimate of drug-likeness (QED) is 0.839. The predicted molar refractivity (Wildman–Crippen MR) is 73.1 cm³/mol. The van der Waals surface area contributed by atoms with Crippen molar-refractivity contribution >= 4 is 21.7 Å². The van der Waals surface area contributed by atoms with E-state index in [9.17, 15) is 12.8 Å². The van der Waals surface area contributed by atoms with Crippen molar-refractivity contribution in [3.05, 3.63) is 41.5 Å². The summed E-state index contributed by atoms with van der Waals surface area (Å²) in [6.45, 7) is 2.95. The van der Waals surface area contributed by atoms with Crippen LogP contribution in [0.4, 0.5) is 16.0 Å². The zero-order valence-corrected chi connectivity index (χ0v) is 11.7. The minimum absolute atomic E-state index is 0.0609. The lowest BCUT2D eigenvalue weighted by Gasteiger charge is -2.14. The van der Waals surface area contributed by atoms with E-state index in [1.807, 2.05) is 0 Å². The predicted octanol–water partition coefficient (Wildman–Crippen LogP) is 1.62. The molecule has 1 aromatic carbocycles. The number of nitrogen functional groups attached to an aromatic ring is 1. The van der Waals surface area contributed by atoms with Crippen molar-refractivity contribution in [3.63, 3.8) is 0 Å². The van der Waals surface area contributed by atoms with Crippen LogP contribution in [-0.4, -0.2) is 18.4 Å². The van der Waals surface area contributed by atoms with Crippen LogP contribution in [0.1, 0.15) is 11.1 Å². The van der Waals surface area contributed by atoms with Crippen LogP contribution in [-0.2, 0) is 10.0 Å². The molecule has 0 unspecified atom stereocenters. The molecule has 0 aliphatic carbocycles. The van der Waals surface area contributed by atoms with Crippen molar-refractivity contribution in [2.24, 2.45) is 0 Å². The molecular weight excluding hydrogens is 283 g/mol. The molecule has 0 amide bonds. The Hall–Kier alpha value is -2.22. The zero-order valence-electron chi connectivity index (χ0n) is 10.9. The van der Waals surface area contributed by atoms with Gasteiger partial charge in [-0.05, 0) is 37.1 Å². The number of nitrogens with zero attached hydrogens (tertiary/aromatic N) is 2. The molecule has 2 aromatic rings. The molecule has 0 spiro atoms. The maximum atomic E-state index is 13.5. The molecule has 0 radical (unpaired) electrons. The molecule has 1 aromatic heterocycles. The molecule has 20 heavy (non-hydrogen) atoms. The molecular formula is C12H13FN4O2S. The molecule has 0 fully saturated rings. The van der Waals surface area contributed by atoms with E-state index in [1.54, 1.807) is 6.07 Å². The summed E-state index contributed by atoms with van der Waals surface area (Å²) in [5.74, 6) is -0.705. The summed E-state index contributed by atoms with van der Waals surface area (Å²) in [5, 5.41) is 0. The van der Waals surface area contributed by atoms with Crippen LogP contribution in [0.15, 0.2) is 29.4 Å². The van der Waals surface area contributed by atoms with Crippen LogP contribution in [0.5, 0.6) is 0 Å². The highest BCUT2D eigenvalue weighted by Gasteiger charge is 2.23. The Morgan fingerprint density at radius 2 is 1.85 bits per heavy atom. The van der Waals surface area contributed by atoms with Gasteiger partial charge in [-0.1, -0.05) is 0 Å². The number of nitrogens with two attached hydrogens (primary N) is 1. The summed E-state index contributed by atoms with van der Waals surface area (Å²) in [5.41, 5.74) is 5.77. The van der Waals surface area contributed by atoms with Crippen LogP contribution >= 0.6 is 0 Å². The van der Waals surface area contributed by atoms with Crippen molar-refractivity contribution in [1.82, 2.24) is 9.97 Å². The third-order valence-electron chi connectivity index (χ3n) is 2.76. The van der Waals surface area contributed by atoms with Gasteiger partial charge in [0.05, 0.1) is 10.6 Å². The van der Waals surface area contributed by atoms with Crippen molar-refractivity contribution in [3.8, 4) is 0 Å². The molecule has 3 N–H and O–H groups in total. The lowest BCUT2D eigenvalue weighted by atomic mass is 10.1. The Balaban J connectivity index is 2.53. The number of sulfonamides is 1. The molecule has 0 aliphatic rings. The van der Waals surface area contributed by atoms with Gasteiger partial charge in [-0.15, -0.1) is 0 Å². The van der Waals surface area contributed by atoms with E-state index in [0.717, 1.165) is 6.07 Å². The molecule has 1 heterocycles. The van der Waals surface area contributed by atoms with Gasteiger partial charge in [0.1, 0.15) is 5.82 Å². The fraction of sp³-hybridized carbons (Fsp3) is 0.167. The van der Waals surface area contributed by atoms with Gasteiger partial charge in [-0.2, -0.15) is 0 Å². The highest BCUT2D eigenvalue weighted by atomic mass is 32.2. The number of benzene rings is 1. The van der Waals surface area contributed by atoms with Crippen molar-refractivity contribution in [1.29, 1.82) is 0 Å². The molecule has 0 bridgehead atoms. The maximum Gasteiger partial charge on any atom is 0.264 e. The fourth-order valence-corrected chi connectivity index (χ4v) is 3.31. The number of halogens is 1. The second-order valence-corrected chi connectivity index (χ2v) is 5.84. The molecule has 0 saturated heterocycles. The first kappa shape index (κ1) is 14.2. The molecule has 106 valence electrons. The molecule has 0 atom stereocenters. The van der Waals surface area contributed by atoms with Crippen LogP contribution in [0.3, 0.4) is 0 Å². The number of rotatable bonds is 3. The second-order valence-electron chi connectivity index (χ2n) is 4.22. The Labute approximate surface area is 115 Å². The summed E-state index contributed by atoms with van der Waals surface area (Å²) in [7, 11) is -3.94. The smallest absolute Gasteiger partial charge is 0.264 e. The number of nitrogens with one attached hydrogen (secondary N) is 1. The Morgan fingerprint density at radius 3 is 2.45 bits per heavy atom. The Bertz CT molecular complexity index is 748. The largest absolute Gasteiger partial charge is 0.396 e. The van der Waals surface area contributed by atoms with Crippen LogP contribution in [0.2, 0.25) is 0 Å². The maximum absolute atomic E-state index is 13.5. The lowest BCUT2D eigenvalue weighted by Crippen LogP contribution is -2.18. The zero-order chi connectivity index (χ0) is 14.9. The SMILES string of the molecule is Cc1cc(F)c(N)c(C)c1S(=O)(=O)Nc1ncccn1. The van der Waals surface area contributed by atoms with Crippen molar-refractivity contribution in [2.75, 3.05) is 10.5 Å².